The highest BCUT2D eigenvalue weighted by atomic mass is 35.5. The van der Waals surface area contributed by atoms with Crippen molar-refractivity contribution in [1.82, 2.24) is 4.98 Å². The quantitative estimate of drug-likeness (QED) is 0.923. The summed E-state index contributed by atoms with van der Waals surface area (Å²) in [4.78, 5) is 8.85. The fraction of sp³-hybridized carbons (Fsp3) is 0.267. The zero-order valence-corrected chi connectivity index (χ0v) is 11.9. The van der Waals surface area contributed by atoms with Gasteiger partial charge in [-0.25, -0.2) is 4.98 Å². The van der Waals surface area contributed by atoms with Crippen molar-refractivity contribution in [1.29, 1.82) is 0 Å². The lowest BCUT2D eigenvalue weighted by Crippen LogP contribution is -2.46. The highest BCUT2D eigenvalue weighted by Crippen LogP contribution is 2.22. The molecule has 1 saturated heterocycles. The Kier molecular flexibility index (Phi) is 3.65. The number of rotatable bonds is 2. The van der Waals surface area contributed by atoms with E-state index in [1.807, 2.05) is 30.5 Å². The molecule has 0 unspecified atom stereocenters. The van der Waals surface area contributed by atoms with Crippen molar-refractivity contribution in [2.75, 3.05) is 41.7 Å². The zero-order valence-electron chi connectivity index (χ0n) is 11.2. The highest BCUT2D eigenvalue weighted by molar-refractivity contribution is 6.30. The number of pyridine rings is 1. The van der Waals surface area contributed by atoms with Gasteiger partial charge in [-0.1, -0.05) is 11.6 Å². The number of nitrogens with zero attached hydrogens (tertiary/aromatic N) is 3. The molecule has 1 fully saturated rings. The van der Waals surface area contributed by atoms with Crippen LogP contribution >= 0.6 is 11.6 Å². The smallest absolute Gasteiger partial charge is 0.123 e. The molecule has 0 spiro atoms. The molecule has 104 valence electrons. The summed E-state index contributed by atoms with van der Waals surface area (Å²) in [7, 11) is 0. The maximum absolute atomic E-state index is 5.92. The Labute approximate surface area is 123 Å². The molecule has 0 radical (unpaired) electrons. The third-order valence-corrected chi connectivity index (χ3v) is 3.86. The summed E-state index contributed by atoms with van der Waals surface area (Å²) < 4.78 is 0. The number of piperazine rings is 1. The summed E-state index contributed by atoms with van der Waals surface area (Å²) in [6.07, 6.45) is 1.84. The fourth-order valence-corrected chi connectivity index (χ4v) is 2.59. The number of aromatic nitrogens is 1. The molecule has 5 heteroatoms. The third-order valence-electron chi connectivity index (χ3n) is 3.61. The Bertz CT molecular complexity index is 506. The average Bonchev–Trinajstić information content (AvgIpc) is 2.49. The molecule has 0 bridgehead atoms. The first-order chi connectivity index (χ1) is 9.72. The maximum atomic E-state index is 5.92. The first-order valence-corrected chi connectivity index (χ1v) is 7.07. The summed E-state index contributed by atoms with van der Waals surface area (Å²) in [6, 6.07) is 11.9. The van der Waals surface area contributed by atoms with Crippen molar-refractivity contribution < 1.29 is 0 Å². The average molecular weight is 289 g/mol. The van der Waals surface area contributed by atoms with Gasteiger partial charge in [0.05, 0.1) is 11.9 Å². The van der Waals surface area contributed by atoms with Gasteiger partial charge in [-0.3, -0.25) is 0 Å². The lowest BCUT2D eigenvalue weighted by atomic mass is 10.2. The monoisotopic (exact) mass is 288 g/mol. The Morgan fingerprint density at radius 2 is 1.40 bits per heavy atom. The van der Waals surface area contributed by atoms with Crippen LogP contribution in [0.15, 0.2) is 42.6 Å². The molecule has 0 aliphatic carbocycles. The normalized spacial score (nSPS) is 15.4. The van der Waals surface area contributed by atoms with E-state index in [-0.39, 0.29) is 0 Å². The SMILES string of the molecule is Nc1ccc(N2CCN(c3ccc(Cl)cc3)CC2)cn1. The molecule has 4 nitrogen and oxygen atoms in total. The molecule has 1 aliphatic heterocycles. The number of halogens is 1. The second-order valence-corrected chi connectivity index (χ2v) is 5.33. The summed E-state index contributed by atoms with van der Waals surface area (Å²) >= 11 is 5.92. The van der Waals surface area contributed by atoms with Gasteiger partial charge < -0.3 is 15.5 Å². The van der Waals surface area contributed by atoms with E-state index in [1.54, 1.807) is 0 Å². The Morgan fingerprint density at radius 3 is 1.95 bits per heavy atom. The molecule has 3 rings (SSSR count). The first-order valence-electron chi connectivity index (χ1n) is 6.69. The van der Waals surface area contributed by atoms with Crippen LogP contribution in [0.2, 0.25) is 5.02 Å². The van der Waals surface area contributed by atoms with Crippen LogP contribution in [0.25, 0.3) is 0 Å². The minimum Gasteiger partial charge on any atom is -0.384 e. The van der Waals surface area contributed by atoms with Crippen molar-refractivity contribution in [2.45, 2.75) is 0 Å². The molecular weight excluding hydrogens is 272 g/mol. The van der Waals surface area contributed by atoms with Crippen molar-refractivity contribution in [3.05, 3.63) is 47.6 Å². The van der Waals surface area contributed by atoms with E-state index in [4.69, 9.17) is 17.3 Å². The van der Waals surface area contributed by atoms with E-state index in [0.29, 0.717) is 5.82 Å². The number of hydrogen-bond acceptors (Lipinski definition) is 4. The summed E-state index contributed by atoms with van der Waals surface area (Å²) in [6.45, 7) is 3.94. The second-order valence-electron chi connectivity index (χ2n) is 4.89. The van der Waals surface area contributed by atoms with E-state index in [2.05, 4.69) is 26.9 Å². The standard InChI is InChI=1S/C15H17ClN4/c16-12-1-3-13(4-2-12)19-7-9-20(10-8-19)14-5-6-15(17)18-11-14/h1-6,11H,7-10H2,(H2,17,18). The van der Waals surface area contributed by atoms with Crippen molar-refractivity contribution in [2.24, 2.45) is 0 Å². The van der Waals surface area contributed by atoms with Crippen LogP contribution in [0.1, 0.15) is 0 Å². The minimum absolute atomic E-state index is 0.563. The molecule has 0 saturated carbocycles. The molecule has 2 N–H and O–H groups in total. The summed E-state index contributed by atoms with van der Waals surface area (Å²) in [5, 5.41) is 0.778. The molecule has 1 aliphatic rings. The molecule has 2 aromatic rings. The van der Waals surface area contributed by atoms with Gasteiger partial charge in [-0.05, 0) is 36.4 Å². The Hall–Kier alpha value is -1.94. The van der Waals surface area contributed by atoms with Gasteiger partial charge in [0.25, 0.3) is 0 Å². The van der Waals surface area contributed by atoms with Crippen LogP contribution in [-0.2, 0) is 0 Å². The van der Waals surface area contributed by atoms with E-state index >= 15 is 0 Å². The van der Waals surface area contributed by atoms with Crippen LogP contribution in [0.4, 0.5) is 17.2 Å². The van der Waals surface area contributed by atoms with E-state index in [1.165, 1.54) is 5.69 Å². The maximum Gasteiger partial charge on any atom is 0.123 e. The van der Waals surface area contributed by atoms with Crippen molar-refractivity contribution in [3.8, 4) is 0 Å². The largest absolute Gasteiger partial charge is 0.384 e. The van der Waals surface area contributed by atoms with Crippen LogP contribution in [-0.4, -0.2) is 31.2 Å². The van der Waals surface area contributed by atoms with Gasteiger partial charge in [0.2, 0.25) is 0 Å². The zero-order chi connectivity index (χ0) is 13.9. The highest BCUT2D eigenvalue weighted by Gasteiger charge is 2.17. The van der Waals surface area contributed by atoms with Gasteiger partial charge in [-0.2, -0.15) is 0 Å². The number of anilines is 3. The van der Waals surface area contributed by atoms with Crippen molar-refractivity contribution in [3.63, 3.8) is 0 Å². The van der Waals surface area contributed by atoms with E-state index in [9.17, 15) is 0 Å². The van der Waals surface area contributed by atoms with E-state index < -0.39 is 0 Å². The lowest BCUT2D eigenvalue weighted by molar-refractivity contribution is 0.653. The number of nitrogen functional groups attached to an aromatic ring is 1. The predicted molar refractivity (Wildman–Crippen MR) is 84.5 cm³/mol. The Balaban J connectivity index is 1.64. The van der Waals surface area contributed by atoms with Crippen LogP contribution < -0.4 is 15.5 Å². The van der Waals surface area contributed by atoms with Gasteiger partial charge >= 0.3 is 0 Å². The van der Waals surface area contributed by atoms with Gasteiger partial charge in [-0.15, -0.1) is 0 Å². The summed E-state index contributed by atoms with van der Waals surface area (Å²) in [5.74, 6) is 0.563. The first kappa shape index (κ1) is 13.1. The van der Waals surface area contributed by atoms with Crippen LogP contribution in [0, 0.1) is 0 Å². The molecule has 1 aromatic carbocycles. The molecule has 0 amide bonds. The molecule has 20 heavy (non-hydrogen) atoms. The topological polar surface area (TPSA) is 45.4 Å². The minimum atomic E-state index is 0.563. The van der Waals surface area contributed by atoms with Crippen LogP contribution in [0.3, 0.4) is 0 Å². The lowest BCUT2D eigenvalue weighted by Gasteiger charge is -2.37. The number of hydrogen-bond donors (Lipinski definition) is 1. The van der Waals surface area contributed by atoms with Crippen LogP contribution in [0.5, 0.6) is 0 Å². The van der Waals surface area contributed by atoms with Gasteiger partial charge in [0, 0.05) is 36.9 Å². The number of nitrogens with two attached hydrogens (primary N) is 1. The predicted octanol–water partition coefficient (Wildman–Crippen LogP) is 2.64. The second kappa shape index (κ2) is 5.59. The summed E-state index contributed by atoms with van der Waals surface area (Å²) in [5.41, 5.74) is 7.98. The molecule has 0 atom stereocenters. The third kappa shape index (κ3) is 2.80. The molecular formula is C15H17ClN4. The van der Waals surface area contributed by atoms with E-state index in [0.717, 1.165) is 36.9 Å². The fourth-order valence-electron chi connectivity index (χ4n) is 2.46. The number of benzene rings is 1. The molecule has 1 aromatic heterocycles. The van der Waals surface area contributed by atoms with Gasteiger partial charge in [0.1, 0.15) is 5.82 Å². The Morgan fingerprint density at radius 1 is 0.850 bits per heavy atom. The van der Waals surface area contributed by atoms with Gasteiger partial charge in [0.15, 0.2) is 0 Å². The molecule has 2 heterocycles. The van der Waals surface area contributed by atoms with Crippen molar-refractivity contribution >= 4 is 28.8 Å².